The molecule has 4 rings (SSSR count). The number of hydrogen-bond acceptors (Lipinski definition) is 3. The number of aryl methyl sites for hydroxylation is 1. The molecular formula is C17H19ClN4O. The first-order chi connectivity index (χ1) is 11.2. The Morgan fingerprint density at radius 3 is 3.00 bits per heavy atom. The lowest BCUT2D eigenvalue weighted by atomic mass is 10.1. The van der Waals surface area contributed by atoms with Gasteiger partial charge in [-0.05, 0) is 30.0 Å². The van der Waals surface area contributed by atoms with E-state index in [2.05, 4.69) is 27.8 Å². The van der Waals surface area contributed by atoms with Crippen molar-refractivity contribution in [2.45, 2.75) is 38.8 Å². The number of carbonyl (C=O) groups is 1. The molecule has 1 aromatic heterocycles. The fourth-order valence-corrected chi connectivity index (χ4v) is 3.67. The summed E-state index contributed by atoms with van der Waals surface area (Å²) in [5, 5.41) is 9.17. The number of amides is 1. The van der Waals surface area contributed by atoms with Gasteiger partial charge in [0.2, 0.25) is 5.91 Å². The van der Waals surface area contributed by atoms with Crippen LogP contribution in [0.4, 0.5) is 0 Å². The van der Waals surface area contributed by atoms with Crippen molar-refractivity contribution in [2.24, 2.45) is 5.92 Å². The van der Waals surface area contributed by atoms with Crippen molar-refractivity contribution < 1.29 is 4.79 Å². The van der Waals surface area contributed by atoms with E-state index in [1.807, 2.05) is 23.1 Å². The molecule has 1 amide bonds. The molecule has 120 valence electrons. The van der Waals surface area contributed by atoms with Crippen LogP contribution in [0.5, 0.6) is 0 Å². The molecule has 0 radical (unpaired) electrons. The van der Waals surface area contributed by atoms with E-state index in [9.17, 15) is 4.79 Å². The topological polar surface area (TPSA) is 51.0 Å². The number of carbonyl (C=O) groups excluding carboxylic acids is 1. The number of aromatic nitrogens is 3. The third-order valence-electron chi connectivity index (χ3n) is 4.84. The third kappa shape index (κ3) is 2.63. The SMILES string of the molecule is CCc1nnc2n1CCN(C(=O)C1CC1c1cccc(Cl)c1)C2. The van der Waals surface area contributed by atoms with Crippen molar-refractivity contribution in [1.82, 2.24) is 19.7 Å². The highest BCUT2D eigenvalue weighted by atomic mass is 35.5. The van der Waals surface area contributed by atoms with Gasteiger partial charge in [-0.1, -0.05) is 30.7 Å². The first-order valence-electron chi connectivity index (χ1n) is 8.12. The van der Waals surface area contributed by atoms with Crippen LogP contribution in [0, 0.1) is 5.92 Å². The molecule has 1 fully saturated rings. The Kier molecular flexibility index (Phi) is 3.60. The molecule has 5 nitrogen and oxygen atoms in total. The number of halogens is 1. The van der Waals surface area contributed by atoms with Gasteiger partial charge in [0.25, 0.3) is 0 Å². The van der Waals surface area contributed by atoms with Crippen LogP contribution in [0.2, 0.25) is 5.02 Å². The maximum atomic E-state index is 12.8. The van der Waals surface area contributed by atoms with Crippen molar-refractivity contribution in [1.29, 1.82) is 0 Å². The molecule has 2 heterocycles. The largest absolute Gasteiger partial charge is 0.333 e. The summed E-state index contributed by atoms with van der Waals surface area (Å²) in [7, 11) is 0. The summed E-state index contributed by atoms with van der Waals surface area (Å²) in [6.45, 7) is 4.20. The summed E-state index contributed by atoms with van der Waals surface area (Å²) >= 11 is 6.05. The maximum Gasteiger partial charge on any atom is 0.226 e. The van der Waals surface area contributed by atoms with E-state index in [0.717, 1.165) is 42.6 Å². The van der Waals surface area contributed by atoms with E-state index >= 15 is 0 Å². The molecule has 2 aliphatic rings. The van der Waals surface area contributed by atoms with Gasteiger partial charge in [0, 0.05) is 30.5 Å². The Morgan fingerprint density at radius 1 is 1.35 bits per heavy atom. The monoisotopic (exact) mass is 330 g/mol. The molecule has 0 N–H and O–H groups in total. The minimum absolute atomic E-state index is 0.0913. The summed E-state index contributed by atoms with van der Waals surface area (Å²) in [5.41, 5.74) is 1.17. The zero-order valence-electron chi connectivity index (χ0n) is 13.1. The lowest BCUT2D eigenvalue weighted by molar-refractivity contribution is -0.134. The fraction of sp³-hybridized carbons (Fsp3) is 0.471. The van der Waals surface area contributed by atoms with Gasteiger partial charge in [-0.3, -0.25) is 4.79 Å². The second-order valence-corrected chi connectivity index (χ2v) is 6.74. The Bertz CT molecular complexity index is 757. The highest BCUT2D eigenvalue weighted by Gasteiger charge is 2.46. The average molecular weight is 331 g/mol. The molecule has 0 saturated heterocycles. The lowest BCUT2D eigenvalue weighted by Crippen LogP contribution is -2.39. The van der Waals surface area contributed by atoms with Gasteiger partial charge in [0.15, 0.2) is 5.82 Å². The van der Waals surface area contributed by atoms with E-state index in [-0.39, 0.29) is 11.8 Å². The number of hydrogen-bond donors (Lipinski definition) is 0. The summed E-state index contributed by atoms with van der Waals surface area (Å²) < 4.78 is 2.14. The van der Waals surface area contributed by atoms with Crippen LogP contribution < -0.4 is 0 Å². The van der Waals surface area contributed by atoms with Crippen molar-refractivity contribution >= 4 is 17.5 Å². The van der Waals surface area contributed by atoms with E-state index in [4.69, 9.17) is 11.6 Å². The van der Waals surface area contributed by atoms with Gasteiger partial charge in [-0.25, -0.2) is 0 Å². The van der Waals surface area contributed by atoms with Gasteiger partial charge in [-0.15, -0.1) is 10.2 Å². The average Bonchev–Trinajstić information content (AvgIpc) is 3.26. The van der Waals surface area contributed by atoms with Gasteiger partial charge in [0.1, 0.15) is 5.82 Å². The Balaban J connectivity index is 1.45. The summed E-state index contributed by atoms with van der Waals surface area (Å²) in [6, 6.07) is 7.85. The molecule has 1 aliphatic heterocycles. The molecule has 0 bridgehead atoms. The fourth-order valence-electron chi connectivity index (χ4n) is 3.48. The zero-order valence-corrected chi connectivity index (χ0v) is 13.8. The molecule has 1 saturated carbocycles. The molecule has 1 aliphatic carbocycles. The van der Waals surface area contributed by atoms with Crippen LogP contribution in [0.25, 0.3) is 0 Å². The Labute approximate surface area is 140 Å². The molecule has 1 aromatic carbocycles. The normalized spacial score (nSPS) is 22.8. The molecule has 23 heavy (non-hydrogen) atoms. The van der Waals surface area contributed by atoms with Crippen molar-refractivity contribution in [3.05, 3.63) is 46.5 Å². The lowest BCUT2D eigenvalue weighted by Gasteiger charge is -2.28. The highest BCUT2D eigenvalue weighted by molar-refractivity contribution is 6.30. The second kappa shape index (κ2) is 5.64. The molecule has 2 atom stereocenters. The first-order valence-corrected chi connectivity index (χ1v) is 8.50. The van der Waals surface area contributed by atoms with Gasteiger partial charge in [0.05, 0.1) is 6.54 Å². The van der Waals surface area contributed by atoms with Crippen molar-refractivity contribution in [2.75, 3.05) is 6.54 Å². The third-order valence-corrected chi connectivity index (χ3v) is 5.08. The van der Waals surface area contributed by atoms with E-state index in [1.165, 1.54) is 5.56 Å². The number of benzene rings is 1. The zero-order chi connectivity index (χ0) is 16.0. The number of nitrogens with zero attached hydrogens (tertiary/aromatic N) is 4. The Hall–Kier alpha value is -1.88. The molecule has 0 spiro atoms. The van der Waals surface area contributed by atoms with Crippen LogP contribution in [-0.2, 0) is 24.3 Å². The second-order valence-electron chi connectivity index (χ2n) is 6.30. The van der Waals surface area contributed by atoms with Crippen molar-refractivity contribution in [3.63, 3.8) is 0 Å². The minimum Gasteiger partial charge on any atom is -0.333 e. The van der Waals surface area contributed by atoms with Crippen LogP contribution in [0.15, 0.2) is 24.3 Å². The summed E-state index contributed by atoms with van der Waals surface area (Å²) in [4.78, 5) is 14.7. The maximum absolute atomic E-state index is 12.8. The summed E-state index contributed by atoms with van der Waals surface area (Å²) in [5.74, 6) is 2.56. The van der Waals surface area contributed by atoms with Crippen LogP contribution in [-0.4, -0.2) is 32.1 Å². The van der Waals surface area contributed by atoms with Gasteiger partial charge >= 0.3 is 0 Å². The molecule has 2 unspecified atom stereocenters. The quantitative estimate of drug-likeness (QED) is 0.869. The van der Waals surface area contributed by atoms with E-state index in [0.29, 0.717) is 12.5 Å². The smallest absolute Gasteiger partial charge is 0.226 e. The highest BCUT2D eigenvalue weighted by Crippen LogP contribution is 2.49. The molecule has 6 heteroatoms. The van der Waals surface area contributed by atoms with E-state index in [1.54, 1.807) is 0 Å². The van der Waals surface area contributed by atoms with Gasteiger partial charge < -0.3 is 9.47 Å². The van der Waals surface area contributed by atoms with Crippen LogP contribution in [0.3, 0.4) is 0 Å². The van der Waals surface area contributed by atoms with Gasteiger partial charge in [-0.2, -0.15) is 0 Å². The molecular weight excluding hydrogens is 312 g/mol. The van der Waals surface area contributed by atoms with Crippen LogP contribution in [0.1, 0.15) is 36.5 Å². The Morgan fingerprint density at radius 2 is 2.22 bits per heavy atom. The van der Waals surface area contributed by atoms with Crippen LogP contribution >= 0.6 is 11.6 Å². The van der Waals surface area contributed by atoms with Crippen molar-refractivity contribution in [3.8, 4) is 0 Å². The minimum atomic E-state index is 0.0913. The predicted molar refractivity (Wildman–Crippen MR) is 87.1 cm³/mol. The number of rotatable bonds is 3. The first kappa shape index (κ1) is 14.7. The predicted octanol–water partition coefficient (Wildman–Crippen LogP) is 2.64. The molecule has 2 aromatic rings. The summed E-state index contributed by atoms with van der Waals surface area (Å²) in [6.07, 6.45) is 1.79. The number of fused-ring (bicyclic) bond motifs is 1. The van der Waals surface area contributed by atoms with E-state index < -0.39 is 0 Å². The standard InChI is InChI=1S/C17H19ClN4O/c1-2-15-19-20-16-10-21(6-7-22(15)16)17(23)14-9-13(14)11-4-3-5-12(18)8-11/h3-5,8,13-14H,2,6-7,9-10H2,1H3.